The van der Waals surface area contributed by atoms with E-state index in [2.05, 4.69) is 33.3 Å². The van der Waals surface area contributed by atoms with E-state index in [4.69, 9.17) is 0 Å². The summed E-state index contributed by atoms with van der Waals surface area (Å²) in [6.07, 6.45) is 4.92. The molecule has 2 rings (SSSR count). The van der Waals surface area contributed by atoms with Crippen LogP contribution in [0.5, 0.6) is 0 Å². The van der Waals surface area contributed by atoms with Crippen LogP contribution in [0.25, 0.3) is 0 Å². The molecule has 112 valence electrons. The van der Waals surface area contributed by atoms with Gasteiger partial charge in [-0.05, 0) is 24.6 Å². The smallest absolute Gasteiger partial charge is 0.270 e. The van der Waals surface area contributed by atoms with Gasteiger partial charge in [0.1, 0.15) is 0 Å². The molecule has 0 aliphatic carbocycles. The lowest BCUT2D eigenvalue weighted by Gasteiger charge is -2.05. The topological polar surface area (TPSA) is 73.0 Å². The molecule has 7 heteroatoms. The molecule has 0 saturated heterocycles. The van der Waals surface area contributed by atoms with Gasteiger partial charge in [0, 0.05) is 34.9 Å². The number of hydrogen-bond acceptors (Lipinski definition) is 4. The Morgan fingerprint density at radius 1 is 1.48 bits per heavy atom. The Hall–Kier alpha value is -1.73. The minimum Gasteiger partial charge on any atom is -0.313 e. The van der Waals surface area contributed by atoms with E-state index in [0.29, 0.717) is 6.54 Å². The number of nitro benzene ring substituents is 1. The summed E-state index contributed by atoms with van der Waals surface area (Å²) in [5.74, 6) is 0. The molecule has 1 aromatic carbocycles. The highest BCUT2D eigenvalue weighted by Gasteiger charge is 2.09. The maximum Gasteiger partial charge on any atom is 0.270 e. The average molecular weight is 353 g/mol. The summed E-state index contributed by atoms with van der Waals surface area (Å²) >= 11 is 3.37. The van der Waals surface area contributed by atoms with Gasteiger partial charge >= 0.3 is 0 Å². The van der Waals surface area contributed by atoms with Crippen molar-refractivity contribution in [2.75, 3.05) is 6.54 Å². The Balaban J connectivity index is 2.03. The van der Waals surface area contributed by atoms with Crippen molar-refractivity contribution in [1.29, 1.82) is 0 Å². The first kappa shape index (κ1) is 15.7. The van der Waals surface area contributed by atoms with Crippen molar-refractivity contribution < 1.29 is 4.92 Å². The first-order valence-electron chi connectivity index (χ1n) is 6.75. The van der Waals surface area contributed by atoms with Gasteiger partial charge in [-0.2, -0.15) is 5.10 Å². The zero-order valence-corrected chi connectivity index (χ0v) is 13.3. The fraction of sp³-hybridized carbons (Fsp3) is 0.357. The van der Waals surface area contributed by atoms with E-state index in [0.717, 1.165) is 35.1 Å². The number of non-ortho nitro benzene ring substituents is 1. The third-order valence-corrected chi connectivity index (χ3v) is 3.76. The third kappa shape index (κ3) is 4.37. The molecule has 0 atom stereocenters. The number of nitrogens with one attached hydrogen (secondary N) is 1. The van der Waals surface area contributed by atoms with Crippen LogP contribution in [0.3, 0.4) is 0 Å². The SMILES string of the molecule is CCCNCc1cnn(Cc2ccc([N+](=O)[O-])cc2Br)c1. The Morgan fingerprint density at radius 2 is 2.29 bits per heavy atom. The summed E-state index contributed by atoms with van der Waals surface area (Å²) in [5, 5.41) is 18.3. The second-order valence-electron chi connectivity index (χ2n) is 4.76. The van der Waals surface area contributed by atoms with Gasteiger partial charge in [-0.25, -0.2) is 0 Å². The first-order chi connectivity index (χ1) is 10.1. The van der Waals surface area contributed by atoms with Crippen LogP contribution in [0.1, 0.15) is 24.5 Å². The van der Waals surface area contributed by atoms with E-state index >= 15 is 0 Å². The quantitative estimate of drug-likeness (QED) is 0.472. The maximum absolute atomic E-state index is 10.7. The highest BCUT2D eigenvalue weighted by Crippen LogP contribution is 2.23. The molecule has 0 aliphatic heterocycles. The summed E-state index contributed by atoms with van der Waals surface area (Å²) in [4.78, 5) is 10.3. The predicted molar refractivity (Wildman–Crippen MR) is 84.1 cm³/mol. The maximum atomic E-state index is 10.7. The zero-order chi connectivity index (χ0) is 15.2. The Labute approximate surface area is 131 Å². The van der Waals surface area contributed by atoms with E-state index in [1.54, 1.807) is 6.07 Å². The van der Waals surface area contributed by atoms with Crippen molar-refractivity contribution in [3.8, 4) is 0 Å². The minimum absolute atomic E-state index is 0.0792. The number of rotatable bonds is 7. The van der Waals surface area contributed by atoms with Crippen LogP contribution in [-0.4, -0.2) is 21.2 Å². The van der Waals surface area contributed by atoms with Crippen LogP contribution in [0.15, 0.2) is 35.1 Å². The van der Waals surface area contributed by atoms with Gasteiger partial charge in [-0.1, -0.05) is 22.9 Å². The average Bonchev–Trinajstić information content (AvgIpc) is 2.89. The summed E-state index contributed by atoms with van der Waals surface area (Å²) in [7, 11) is 0. The van der Waals surface area contributed by atoms with E-state index in [1.807, 2.05) is 17.1 Å². The predicted octanol–water partition coefficient (Wildman–Crippen LogP) is 3.10. The first-order valence-corrected chi connectivity index (χ1v) is 7.54. The van der Waals surface area contributed by atoms with Crippen molar-refractivity contribution in [3.05, 3.63) is 56.3 Å². The fourth-order valence-corrected chi connectivity index (χ4v) is 2.44. The van der Waals surface area contributed by atoms with Crippen LogP contribution < -0.4 is 5.32 Å². The molecule has 0 radical (unpaired) electrons. The standard InChI is InChI=1S/C14H17BrN4O2/c1-2-5-16-7-11-8-17-18(9-11)10-12-3-4-13(19(20)21)6-14(12)15/h3-4,6,8-9,16H,2,5,7,10H2,1H3. The largest absolute Gasteiger partial charge is 0.313 e. The van der Waals surface area contributed by atoms with E-state index in [9.17, 15) is 10.1 Å². The second-order valence-corrected chi connectivity index (χ2v) is 5.61. The van der Waals surface area contributed by atoms with Crippen LogP contribution >= 0.6 is 15.9 Å². The third-order valence-electron chi connectivity index (χ3n) is 3.02. The molecule has 0 unspecified atom stereocenters. The van der Waals surface area contributed by atoms with Crippen molar-refractivity contribution in [2.24, 2.45) is 0 Å². The summed E-state index contributed by atoms with van der Waals surface area (Å²) in [6.45, 7) is 4.49. The number of nitro groups is 1. The Kier molecular flexibility index (Phi) is 5.46. The monoisotopic (exact) mass is 352 g/mol. The normalized spacial score (nSPS) is 10.8. The fourth-order valence-electron chi connectivity index (χ4n) is 1.95. The van der Waals surface area contributed by atoms with Gasteiger partial charge in [0.15, 0.2) is 0 Å². The van der Waals surface area contributed by atoms with Crippen molar-refractivity contribution in [2.45, 2.75) is 26.4 Å². The van der Waals surface area contributed by atoms with Gasteiger partial charge in [-0.3, -0.25) is 14.8 Å². The molecule has 1 N–H and O–H groups in total. The van der Waals surface area contributed by atoms with E-state index in [-0.39, 0.29) is 5.69 Å². The molecule has 6 nitrogen and oxygen atoms in total. The summed E-state index contributed by atoms with van der Waals surface area (Å²) in [5.41, 5.74) is 2.16. The molecule has 0 saturated carbocycles. The number of hydrogen-bond donors (Lipinski definition) is 1. The molecule has 0 fully saturated rings. The van der Waals surface area contributed by atoms with Crippen molar-refractivity contribution in [1.82, 2.24) is 15.1 Å². The highest BCUT2D eigenvalue weighted by molar-refractivity contribution is 9.10. The molecule has 1 heterocycles. The van der Waals surface area contributed by atoms with Gasteiger partial charge in [-0.15, -0.1) is 0 Å². The van der Waals surface area contributed by atoms with Crippen molar-refractivity contribution in [3.63, 3.8) is 0 Å². The molecule has 21 heavy (non-hydrogen) atoms. The molecule has 2 aromatic rings. The van der Waals surface area contributed by atoms with E-state index < -0.39 is 4.92 Å². The zero-order valence-electron chi connectivity index (χ0n) is 11.8. The van der Waals surface area contributed by atoms with Crippen molar-refractivity contribution >= 4 is 21.6 Å². The number of nitrogens with zero attached hydrogens (tertiary/aromatic N) is 3. The Bertz CT molecular complexity index is 627. The molecular formula is C14H17BrN4O2. The van der Waals surface area contributed by atoms with E-state index in [1.165, 1.54) is 12.1 Å². The second kappa shape index (κ2) is 7.33. The Morgan fingerprint density at radius 3 is 2.95 bits per heavy atom. The molecule has 1 aromatic heterocycles. The van der Waals surface area contributed by atoms with Crippen LogP contribution in [0.4, 0.5) is 5.69 Å². The number of aromatic nitrogens is 2. The van der Waals surface area contributed by atoms with Crippen LogP contribution in [-0.2, 0) is 13.1 Å². The van der Waals surface area contributed by atoms with Gasteiger partial charge in [0.05, 0.1) is 17.7 Å². The lowest BCUT2D eigenvalue weighted by molar-refractivity contribution is -0.384. The molecule has 0 bridgehead atoms. The summed E-state index contributed by atoms with van der Waals surface area (Å²) in [6, 6.07) is 4.77. The minimum atomic E-state index is -0.403. The highest BCUT2D eigenvalue weighted by atomic mass is 79.9. The van der Waals surface area contributed by atoms with Gasteiger partial charge in [0.2, 0.25) is 0 Å². The molecular weight excluding hydrogens is 336 g/mol. The molecule has 0 aliphatic rings. The van der Waals surface area contributed by atoms with Gasteiger partial charge < -0.3 is 5.32 Å². The lowest BCUT2D eigenvalue weighted by Crippen LogP contribution is -2.13. The van der Waals surface area contributed by atoms with Gasteiger partial charge in [0.25, 0.3) is 5.69 Å². The van der Waals surface area contributed by atoms with Crippen LogP contribution in [0.2, 0.25) is 0 Å². The number of halogens is 1. The summed E-state index contributed by atoms with van der Waals surface area (Å²) < 4.78 is 2.55. The molecule has 0 spiro atoms. The lowest BCUT2D eigenvalue weighted by atomic mass is 10.2. The molecule has 0 amide bonds. The van der Waals surface area contributed by atoms with Crippen LogP contribution in [0, 0.1) is 10.1 Å². The number of benzene rings is 1.